The lowest BCUT2D eigenvalue weighted by Crippen LogP contribution is -2.29. The number of benzene rings is 1. The number of aromatic nitrogens is 3. The molecule has 0 spiro atoms. The second-order valence-electron chi connectivity index (χ2n) is 8.59. The van der Waals surface area contributed by atoms with Gasteiger partial charge in [0.25, 0.3) is 5.56 Å². The fourth-order valence-electron chi connectivity index (χ4n) is 4.96. The minimum Gasteiger partial charge on any atom is -0.370 e. The van der Waals surface area contributed by atoms with Gasteiger partial charge in [-0.15, -0.1) is 0 Å². The molecule has 156 valence electrons. The summed E-state index contributed by atoms with van der Waals surface area (Å²) in [5, 5.41) is 4.39. The molecule has 2 aliphatic rings. The fraction of sp³-hybridized carbons (Fsp3) is 0.458. The number of nitrogens with zero attached hydrogens (tertiary/aromatic N) is 4. The predicted molar refractivity (Wildman–Crippen MR) is 122 cm³/mol. The Kier molecular flexibility index (Phi) is 5.15. The molecule has 2 aromatic heterocycles. The van der Waals surface area contributed by atoms with Gasteiger partial charge in [0.2, 0.25) is 5.95 Å². The third kappa shape index (κ3) is 3.55. The Morgan fingerprint density at radius 2 is 1.80 bits per heavy atom. The molecule has 0 atom stereocenters. The molecule has 1 saturated heterocycles. The lowest BCUT2D eigenvalue weighted by molar-refractivity contribution is 0.515. The Balaban J connectivity index is 1.55. The molecule has 0 amide bonds. The van der Waals surface area contributed by atoms with E-state index in [1.165, 1.54) is 37.8 Å². The summed E-state index contributed by atoms with van der Waals surface area (Å²) < 4.78 is 1.90. The van der Waals surface area contributed by atoms with Crippen molar-refractivity contribution in [2.45, 2.75) is 57.9 Å². The molecule has 1 aromatic carbocycles. The van der Waals surface area contributed by atoms with Crippen molar-refractivity contribution in [3.05, 3.63) is 52.4 Å². The van der Waals surface area contributed by atoms with Crippen LogP contribution in [0, 0.1) is 6.92 Å². The standard InChI is InChI=1S/C24H29N5O/c1-17-15-22(30)29(18-9-3-4-10-18)23-19(17)16-25-24(27-23)26-20-11-5-6-12-21(20)28-13-7-2-8-14-28/h5-6,11-12,15-16,18H,2-4,7-10,13-14H2,1H3,(H,25,26,27). The molecule has 30 heavy (non-hydrogen) atoms. The quantitative estimate of drug-likeness (QED) is 0.668. The van der Waals surface area contributed by atoms with Crippen molar-refractivity contribution in [2.24, 2.45) is 0 Å². The molecule has 3 aromatic rings. The lowest BCUT2D eigenvalue weighted by Gasteiger charge is -2.30. The number of fused-ring (bicyclic) bond motifs is 1. The Morgan fingerprint density at radius 1 is 1.03 bits per heavy atom. The van der Waals surface area contributed by atoms with Crippen LogP contribution < -0.4 is 15.8 Å². The van der Waals surface area contributed by atoms with Gasteiger partial charge in [-0.3, -0.25) is 9.36 Å². The largest absolute Gasteiger partial charge is 0.370 e. The average molecular weight is 404 g/mol. The number of anilines is 3. The van der Waals surface area contributed by atoms with E-state index in [2.05, 4.69) is 33.4 Å². The number of aryl methyl sites for hydroxylation is 1. The number of pyridine rings is 1. The van der Waals surface area contributed by atoms with E-state index in [0.29, 0.717) is 5.95 Å². The summed E-state index contributed by atoms with van der Waals surface area (Å²) in [6.07, 6.45) is 10.1. The Morgan fingerprint density at radius 3 is 2.60 bits per heavy atom. The van der Waals surface area contributed by atoms with E-state index >= 15 is 0 Å². The van der Waals surface area contributed by atoms with Crippen LogP contribution >= 0.6 is 0 Å². The van der Waals surface area contributed by atoms with Gasteiger partial charge in [-0.05, 0) is 56.7 Å². The topological polar surface area (TPSA) is 63.1 Å². The van der Waals surface area contributed by atoms with Crippen molar-refractivity contribution in [3.63, 3.8) is 0 Å². The minimum atomic E-state index is 0.0465. The van der Waals surface area contributed by atoms with Crippen LogP contribution in [0.2, 0.25) is 0 Å². The molecule has 2 fully saturated rings. The minimum absolute atomic E-state index is 0.0465. The number of hydrogen-bond acceptors (Lipinski definition) is 5. The van der Waals surface area contributed by atoms with Gasteiger partial charge in [-0.25, -0.2) is 4.98 Å². The lowest BCUT2D eigenvalue weighted by atomic mass is 10.1. The highest BCUT2D eigenvalue weighted by Gasteiger charge is 2.22. The zero-order valence-corrected chi connectivity index (χ0v) is 17.6. The van der Waals surface area contributed by atoms with Gasteiger partial charge in [0.05, 0.1) is 11.4 Å². The van der Waals surface area contributed by atoms with Gasteiger partial charge >= 0.3 is 0 Å². The van der Waals surface area contributed by atoms with Gasteiger partial charge in [-0.1, -0.05) is 25.0 Å². The molecule has 3 heterocycles. The molecule has 1 saturated carbocycles. The maximum Gasteiger partial charge on any atom is 0.252 e. The summed E-state index contributed by atoms with van der Waals surface area (Å²) in [6, 6.07) is 10.3. The summed E-state index contributed by atoms with van der Waals surface area (Å²) in [6.45, 7) is 4.13. The van der Waals surface area contributed by atoms with Crippen LogP contribution in [0.25, 0.3) is 11.0 Å². The maximum atomic E-state index is 12.8. The fourth-order valence-corrected chi connectivity index (χ4v) is 4.96. The predicted octanol–water partition coefficient (Wildman–Crippen LogP) is 4.95. The highest BCUT2D eigenvalue weighted by molar-refractivity contribution is 5.80. The summed E-state index contributed by atoms with van der Waals surface area (Å²) >= 11 is 0. The van der Waals surface area contributed by atoms with Crippen LogP contribution in [0.3, 0.4) is 0 Å². The van der Waals surface area contributed by atoms with Gasteiger partial charge < -0.3 is 10.2 Å². The molecule has 1 N–H and O–H groups in total. The number of nitrogens with one attached hydrogen (secondary N) is 1. The first-order valence-corrected chi connectivity index (χ1v) is 11.2. The summed E-state index contributed by atoms with van der Waals surface area (Å²) in [7, 11) is 0. The molecule has 1 aliphatic carbocycles. The summed E-state index contributed by atoms with van der Waals surface area (Å²) in [5.74, 6) is 0.545. The zero-order valence-electron chi connectivity index (χ0n) is 17.6. The third-order valence-corrected chi connectivity index (χ3v) is 6.54. The summed E-state index contributed by atoms with van der Waals surface area (Å²) in [5.41, 5.74) is 3.94. The zero-order chi connectivity index (χ0) is 20.5. The summed E-state index contributed by atoms with van der Waals surface area (Å²) in [4.78, 5) is 24.7. The Labute approximate surface area is 177 Å². The molecule has 1 aliphatic heterocycles. The van der Waals surface area contributed by atoms with E-state index in [4.69, 9.17) is 4.98 Å². The van der Waals surface area contributed by atoms with E-state index < -0.39 is 0 Å². The van der Waals surface area contributed by atoms with Crippen molar-refractivity contribution in [2.75, 3.05) is 23.3 Å². The molecule has 6 nitrogen and oxygen atoms in total. The van der Waals surface area contributed by atoms with Gasteiger partial charge in [0, 0.05) is 36.8 Å². The van der Waals surface area contributed by atoms with Crippen LogP contribution in [-0.2, 0) is 0 Å². The van der Waals surface area contributed by atoms with Crippen LogP contribution in [-0.4, -0.2) is 27.6 Å². The molecule has 5 rings (SSSR count). The molecule has 0 bridgehead atoms. The van der Waals surface area contributed by atoms with Crippen molar-refractivity contribution >= 4 is 28.4 Å². The number of para-hydroxylation sites is 2. The van der Waals surface area contributed by atoms with Gasteiger partial charge in [0.1, 0.15) is 5.65 Å². The van der Waals surface area contributed by atoms with E-state index in [1.54, 1.807) is 6.07 Å². The van der Waals surface area contributed by atoms with E-state index in [-0.39, 0.29) is 11.6 Å². The second-order valence-corrected chi connectivity index (χ2v) is 8.59. The second kappa shape index (κ2) is 8.09. The molecule has 6 heteroatoms. The monoisotopic (exact) mass is 403 g/mol. The van der Waals surface area contributed by atoms with Crippen molar-refractivity contribution in [1.29, 1.82) is 0 Å². The molecule has 0 radical (unpaired) electrons. The van der Waals surface area contributed by atoms with Crippen LogP contribution in [0.15, 0.2) is 41.3 Å². The van der Waals surface area contributed by atoms with Crippen LogP contribution in [0.4, 0.5) is 17.3 Å². The van der Waals surface area contributed by atoms with Crippen LogP contribution in [0.5, 0.6) is 0 Å². The van der Waals surface area contributed by atoms with E-state index in [0.717, 1.165) is 48.2 Å². The number of piperidine rings is 1. The first kappa shape index (κ1) is 19.1. The SMILES string of the molecule is Cc1cc(=O)n(C2CCCC2)c2nc(Nc3ccccc3N3CCCCC3)ncc12. The van der Waals surface area contributed by atoms with E-state index in [9.17, 15) is 4.79 Å². The average Bonchev–Trinajstić information content (AvgIpc) is 3.29. The normalized spacial score (nSPS) is 17.6. The van der Waals surface area contributed by atoms with Crippen molar-refractivity contribution < 1.29 is 0 Å². The maximum absolute atomic E-state index is 12.8. The highest BCUT2D eigenvalue weighted by atomic mass is 16.1. The molecular formula is C24H29N5O. The van der Waals surface area contributed by atoms with E-state index in [1.807, 2.05) is 23.8 Å². The third-order valence-electron chi connectivity index (χ3n) is 6.54. The first-order chi connectivity index (χ1) is 14.7. The smallest absolute Gasteiger partial charge is 0.252 e. The van der Waals surface area contributed by atoms with Crippen molar-refractivity contribution in [1.82, 2.24) is 14.5 Å². The Bertz CT molecular complexity index is 1110. The molecular weight excluding hydrogens is 374 g/mol. The highest BCUT2D eigenvalue weighted by Crippen LogP contribution is 2.32. The molecule has 0 unspecified atom stereocenters. The van der Waals surface area contributed by atoms with Crippen molar-refractivity contribution in [3.8, 4) is 0 Å². The van der Waals surface area contributed by atoms with Crippen LogP contribution in [0.1, 0.15) is 56.6 Å². The van der Waals surface area contributed by atoms with Gasteiger partial charge in [0.15, 0.2) is 0 Å². The Hall–Kier alpha value is -2.89. The first-order valence-electron chi connectivity index (χ1n) is 11.2. The van der Waals surface area contributed by atoms with Gasteiger partial charge in [-0.2, -0.15) is 4.98 Å². The number of hydrogen-bond donors (Lipinski definition) is 1. The number of rotatable bonds is 4.